The molecule has 1 aromatic heterocycles. The lowest BCUT2D eigenvalue weighted by atomic mass is 10.0. The molecule has 0 spiro atoms. The second kappa shape index (κ2) is 12.8. The predicted molar refractivity (Wildman–Crippen MR) is 177 cm³/mol. The van der Waals surface area contributed by atoms with E-state index in [0.717, 1.165) is 40.1 Å². The standard InChI is InChI=1S/C33H32Cl2N6O3S/c1-22(42)41-18-17-40(20-25(41)19-36-2)33-26-15-16-39(29-11-6-9-24-8-5-10-27(34)32(24)29)21-28(26)37-31(38-33)14-13-23-7-3-4-12-30(23)45(35,43)44/h3-12,25H,13-21H2,1H3/t25-/m0/s1. The Bertz CT molecular complexity index is 1920. The fourth-order valence-electron chi connectivity index (χ4n) is 6.50. The third-order valence-corrected chi connectivity index (χ3v) is 10.3. The highest BCUT2D eigenvalue weighted by atomic mass is 35.7. The third kappa shape index (κ3) is 6.43. The summed E-state index contributed by atoms with van der Waals surface area (Å²) >= 11 is 6.69. The Labute approximate surface area is 272 Å². The van der Waals surface area contributed by atoms with Crippen molar-refractivity contribution in [2.75, 3.05) is 42.5 Å². The van der Waals surface area contributed by atoms with Gasteiger partial charge in [-0.1, -0.05) is 54.1 Å². The molecule has 6 rings (SSSR count). The number of aromatic nitrogens is 2. The quantitative estimate of drug-likeness (QED) is 0.190. The number of fused-ring (bicyclic) bond motifs is 2. The summed E-state index contributed by atoms with van der Waals surface area (Å²) in [4.78, 5) is 32.4. The van der Waals surface area contributed by atoms with Crippen LogP contribution < -0.4 is 9.80 Å². The summed E-state index contributed by atoms with van der Waals surface area (Å²) in [5.74, 6) is 1.38. The van der Waals surface area contributed by atoms with E-state index >= 15 is 0 Å². The van der Waals surface area contributed by atoms with Gasteiger partial charge in [0.15, 0.2) is 0 Å². The van der Waals surface area contributed by atoms with Crippen molar-refractivity contribution in [2.45, 2.75) is 43.7 Å². The van der Waals surface area contributed by atoms with Crippen molar-refractivity contribution in [1.29, 1.82) is 0 Å². The van der Waals surface area contributed by atoms with Gasteiger partial charge in [-0.3, -0.25) is 4.79 Å². The Morgan fingerprint density at radius 2 is 1.78 bits per heavy atom. The average molecular weight is 664 g/mol. The highest BCUT2D eigenvalue weighted by molar-refractivity contribution is 8.13. The first-order valence-electron chi connectivity index (χ1n) is 14.8. The molecule has 3 aromatic carbocycles. The van der Waals surface area contributed by atoms with Crippen molar-refractivity contribution in [3.63, 3.8) is 0 Å². The molecule has 0 unspecified atom stereocenters. The van der Waals surface area contributed by atoms with Crippen molar-refractivity contribution < 1.29 is 13.2 Å². The van der Waals surface area contributed by atoms with Crippen molar-refractivity contribution in [2.24, 2.45) is 0 Å². The topological polar surface area (TPSA) is 91.1 Å². The Morgan fingerprint density at radius 3 is 2.53 bits per heavy atom. The van der Waals surface area contributed by atoms with Crippen molar-refractivity contribution >= 4 is 59.5 Å². The zero-order valence-corrected chi connectivity index (χ0v) is 27.1. The normalized spacial score (nSPS) is 16.8. The number of carbonyl (C=O) groups excluding carboxylic acids is 1. The lowest BCUT2D eigenvalue weighted by molar-refractivity contribution is -0.131. The van der Waals surface area contributed by atoms with Gasteiger partial charge in [-0.05, 0) is 42.0 Å². The summed E-state index contributed by atoms with van der Waals surface area (Å²) in [5, 5.41) is 2.76. The second-order valence-corrected chi connectivity index (χ2v) is 14.3. The number of benzene rings is 3. The molecular weight excluding hydrogens is 631 g/mol. The van der Waals surface area contributed by atoms with Gasteiger partial charge in [0, 0.05) is 66.8 Å². The predicted octanol–water partition coefficient (Wildman–Crippen LogP) is 5.51. The van der Waals surface area contributed by atoms with E-state index in [1.54, 1.807) is 30.0 Å². The van der Waals surface area contributed by atoms with Crippen molar-refractivity contribution in [3.05, 3.63) is 99.7 Å². The molecule has 3 heterocycles. The summed E-state index contributed by atoms with van der Waals surface area (Å²) in [6.07, 6.45) is 1.50. The second-order valence-electron chi connectivity index (χ2n) is 11.4. The Kier molecular flexibility index (Phi) is 8.87. The molecule has 0 aliphatic carbocycles. The molecule has 1 atom stereocenters. The lowest BCUT2D eigenvalue weighted by Crippen LogP contribution is -2.56. The summed E-state index contributed by atoms with van der Waals surface area (Å²) in [6.45, 7) is 12.1. The number of rotatable bonds is 7. The Hall–Kier alpha value is -3.91. The lowest BCUT2D eigenvalue weighted by Gasteiger charge is -2.41. The third-order valence-electron chi connectivity index (χ3n) is 8.60. The van der Waals surface area contributed by atoms with Crippen LogP contribution in [0.5, 0.6) is 0 Å². The zero-order chi connectivity index (χ0) is 31.7. The van der Waals surface area contributed by atoms with Gasteiger partial charge < -0.3 is 19.5 Å². The van der Waals surface area contributed by atoms with Crippen LogP contribution in [0.3, 0.4) is 0 Å². The Balaban J connectivity index is 1.38. The minimum absolute atomic E-state index is 0.0361. The summed E-state index contributed by atoms with van der Waals surface area (Å²) in [5.41, 5.74) is 3.61. The molecule has 232 valence electrons. The number of piperazine rings is 1. The summed E-state index contributed by atoms with van der Waals surface area (Å²) < 4.78 is 24.5. The molecule has 45 heavy (non-hydrogen) atoms. The molecule has 1 saturated heterocycles. The van der Waals surface area contributed by atoms with Gasteiger partial charge >= 0.3 is 0 Å². The van der Waals surface area contributed by atoms with Crippen LogP contribution in [0.4, 0.5) is 11.5 Å². The molecule has 0 saturated carbocycles. The van der Waals surface area contributed by atoms with E-state index in [2.05, 4.69) is 32.8 Å². The molecule has 1 fully saturated rings. The van der Waals surface area contributed by atoms with Crippen LogP contribution in [0, 0.1) is 6.57 Å². The first kappa shape index (κ1) is 31.1. The first-order valence-corrected chi connectivity index (χ1v) is 17.5. The number of aryl methyl sites for hydroxylation is 2. The maximum atomic E-state index is 12.3. The van der Waals surface area contributed by atoms with E-state index in [9.17, 15) is 13.2 Å². The van der Waals surface area contributed by atoms with E-state index in [4.69, 9.17) is 38.8 Å². The van der Waals surface area contributed by atoms with Crippen LogP contribution >= 0.6 is 22.3 Å². The van der Waals surface area contributed by atoms with E-state index in [1.807, 2.05) is 18.2 Å². The summed E-state index contributed by atoms with van der Waals surface area (Å²) in [6, 6.07) is 18.6. The average Bonchev–Trinajstić information content (AvgIpc) is 3.02. The molecule has 4 aromatic rings. The van der Waals surface area contributed by atoms with Crippen LogP contribution in [0.1, 0.15) is 29.6 Å². The summed E-state index contributed by atoms with van der Waals surface area (Å²) in [7, 11) is 1.83. The fraction of sp³-hybridized carbons (Fsp3) is 0.333. The molecular formula is C33H32Cl2N6O3S. The van der Waals surface area contributed by atoms with Gasteiger partial charge in [0.25, 0.3) is 9.05 Å². The number of hydrogen-bond donors (Lipinski definition) is 0. The zero-order valence-electron chi connectivity index (χ0n) is 24.8. The molecule has 0 radical (unpaired) electrons. The monoisotopic (exact) mass is 662 g/mol. The van der Waals surface area contributed by atoms with Crippen molar-refractivity contribution in [1.82, 2.24) is 14.9 Å². The first-order chi connectivity index (χ1) is 21.6. The number of nitrogens with zero attached hydrogens (tertiary/aromatic N) is 6. The largest absolute Gasteiger partial charge is 0.365 e. The molecule has 0 bridgehead atoms. The molecule has 2 aliphatic rings. The minimum Gasteiger partial charge on any atom is -0.365 e. The molecule has 1 amide bonds. The fourth-order valence-corrected chi connectivity index (χ4v) is 7.95. The van der Waals surface area contributed by atoms with Gasteiger partial charge in [0.1, 0.15) is 17.7 Å². The molecule has 0 N–H and O–H groups in total. The SMILES string of the molecule is [C-]#[N+]C[C@H]1CN(c2nc(CCc3ccccc3S(=O)(=O)Cl)nc3c2CCN(c2cccc4cccc(Cl)c24)C3)CCN1C(C)=O. The van der Waals surface area contributed by atoms with E-state index in [-0.39, 0.29) is 23.4 Å². The van der Waals surface area contributed by atoms with E-state index in [0.29, 0.717) is 61.9 Å². The molecule has 9 nitrogen and oxygen atoms in total. The minimum atomic E-state index is -3.91. The van der Waals surface area contributed by atoms with E-state index in [1.165, 1.54) is 6.07 Å². The van der Waals surface area contributed by atoms with Gasteiger partial charge in [0.05, 0.1) is 22.2 Å². The van der Waals surface area contributed by atoms with Crippen LogP contribution in [-0.4, -0.2) is 68.0 Å². The number of carbonyl (C=O) groups is 1. The smallest absolute Gasteiger partial charge is 0.261 e. The maximum Gasteiger partial charge on any atom is 0.261 e. The van der Waals surface area contributed by atoms with Crippen LogP contribution in [0.2, 0.25) is 5.02 Å². The molecule has 12 heteroatoms. The molecule has 2 aliphatic heterocycles. The van der Waals surface area contributed by atoms with Gasteiger partial charge in [-0.25, -0.2) is 25.0 Å². The number of amides is 1. The van der Waals surface area contributed by atoms with Gasteiger partial charge in [-0.2, -0.15) is 0 Å². The Morgan fingerprint density at radius 1 is 1.00 bits per heavy atom. The number of halogens is 2. The number of hydrogen-bond acceptors (Lipinski definition) is 7. The van der Waals surface area contributed by atoms with Crippen LogP contribution in [0.15, 0.2) is 65.6 Å². The van der Waals surface area contributed by atoms with Gasteiger partial charge in [0.2, 0.25) is 12.5 Å². The maximum absolute atomic E-state index is 12.3. The van der Waals surface area contributed by atoms with Crippen molar-refractivity contribution in [3.8, 4) is 0 Å². The van der Waals surface area contributed by atoms with Crippen LogP contribution in [-0.2, 0) is 39.7 Å². The highest BCUT2D eigenvalue weighted by Crippen LogP contribution is 2.37. The van der Waals surface area contributed by atoms with Gasteiger partial charge in [-0.15, -0.1) is 0 Å². The van der Waals surface area contributed by atoms with Crippen LogP contribution in [0.25, 0.3) is 15.6 Å². The highest BCUT2D eigenvalue weighted by Gasteiger charge is 2.34. The number of anilines is 2. The van der Waals surface area contributed by atoms with E-state index < -0.39 is 9.05 Å².